The Morgan fingerprint density at radius 2 is 0.716 bits per heavy atom. The minimum Gasteiger partial charge on any atom is -0.481 e. The Morgan fingerprint density at radius 3 is 1.00 bits per heavy atom. The smallest absolute Gasteiger partial charge is 0.326 e. The van der Waals surface area contributed by atoms with Crippen molar-refractivity contribution >= 4 is 71.1 Å². The maximum absolute atomic E-state index is 14.0. The number of nitrogens with zero attached hydrogens (tertiary/aromatic N) is 2. The number of aliphatic hydroxyl groups excluding tert-OH is 2. The van der Waals surface area contributed by atoms with Crippen molar-refractivity contribution in [3.63, 3.8) is 0 Å². The molecule has 8 amide bonds. The predicted molar refractivity (Wildman–Crippen MR) is 252 cm³/mol. The first kappa shape index (κ1) is 61.9. The molecule has 2 rings (SSSR count). The second kappa shape index (κ2) is 32.7. The molecule has 0 aliphatic heterocycles. The Morgan fingerprint density at radius 1 is 0.405 bits per heavy atom. The Bertz CT molecular complexity index is 2100. The van der Waals surface area contributed by atoms with E-state index in [4.69, 9.17) is 11.5 Å². The van der Waals surface area contributed by atoms with Crippen molar-refractivity contribution in [2.24, 2.45) is 11.5 Å². The van der Waals surface area contributed by atoms with Gasteiger partial charge in [0, 0.05) is 12.4 Å². The van der Waals surface area contributed by atoms with Crippen LogP contribution < -0.4 is 54.0 Å². The van der Waals surface area contributed by atoms with Crippen LogP contribution in [0, 0.1) is 0 Å². The first-order chi connectivity index (χ1) is 35.1. The number of carboxylic acid groups (broad SMARTS) is 4. The molecule has 74 heavy (non-hydrogen) atoms. The lowest BCUT2D eigenvalue weighted by molar-refractivity contribution is -0.144. The lowest BCUT2D eigenvalue weighted by Gasteiger charge is -2.28. The van der Waals surface area contributed by atoms with Crippen molar-refractivity contribution in [1.29, 1.82) is 0 Å². The number of carboxylic acids is 4. The molecule has 0 aliphatic carbocycles. The molecule has 0 bridgehead atoms. The molecule has 18 N–H and O–H groups in total. The number of aromatic nitrogens is 2. The highest BCUT2D eigenvalue weighted by molar-refractivity contribution is 6.00. The summed E-state index contributed by atoms with van der Waals surface area (Å²) in [5, 5.41) is 76.4. The average Bonchev–Trinajstić information content (AvgIpc) is 3.36. The van der Waals surface area contributed by atoms with Crippen LogP contribution in [-0.4, -0.2) is 186 Å². The zero-order valence-electron chi connectivity index (χ0n) is 39.8. The minimum atomic E-state index is -2.10. The summed E-state index contributed by atoms with van der Waals surface area (Å²) in [6, 6.07) is -6.72. The number of carbonyl (C=O) groups is 12. The number of aliphatic carboxylic acids is 4. The van der Waals surface area contributed by atoms with Gasteiger partial charge in [-0.15, -0.1) is 0 Å². The Hall–Kier alpha value is -8.22. The molecule has 0 saturated heterocycles. The number of aliphatic hydroxyl groups is 2. The fourth-order valence-corrected chi connectivity index (χ4v) is 6.62. The molecule has 0 unspecified atom stereocenters. The summed E-state index contributed by atoms with van der Waals surface area (Å²) in [5.41, 5.74) is 10.7. The van der Waals surface area contributed by atoms with E-state index in [0.29, 0.717) is 12.8 Å². The molecule has 0 fully saturated rings. The molecule has 0 radical (unpaired) electrons. The molecule has 406 valence electrons. The van der Waals surface area contributed by atoms with Gasteiger partial charge in [0.15, 0.2) is 0 Å². The number of unbranched alkanes of at least 4 members (excludes halogenated alkanes) is 2. The fraction of sp³-hybridized carbons (Fsp3) is 0.500. The molecule has 2 aromatic heterocycles. The van der Waals surface area contributed by atoms with E-state index in [-0.39, 0.29) is 50.2 Å². The van der Waals surface area contributed by atoms with Gasteiger partial charge in [0.1, 0.15) is 59.7 Å². The highest BCUT2D eigenvalue weighted by Crippen LogP contribution is 2.11. The number of nitrogens with two attached hydrogens (primary N) is 2. The second-order valence-electron chi connectivity index (χ2n) is 16.2. The molecule has 2 heterocycles. The molecular formula is C44H62N12O18. The van der Waals surface area contributed by atoms with Gasteiger partial charge in [-0.05, 0) is 88.7 Å². The zero-order valence-corrected chi connectivity index (χ0v) is 39.8. The number of hydrogen-bond donors (Lipinski definition) is 16. The van der Waals surface area contributed by atoms with Crippen LogP contribution >= 0.6 is 0 Å². The number of amides is 8. The van der Waals surface area contributed by atoms with E-state index in [1.807, 2.05) is 0 Å². The Kier molecular flexibility index (Phi) is 27.3. The van der Waals surface area contributed by atoms with Gasteiger partial charge in [-0.1, -0.05) is 12.1 Å². The molecule has 30 nitrogen and oxygen atoms in total. The molecule has 8 atom stereocenters. The second-order valence-corrected chi connectivity index (χ2v) is 16.2. The van der Waals surface area contributed by atoms with Gasteiger partial charge in [-0.3, -0.25) is 57.9 Å². The minimum absolute atomic E-state index is 0.145. The summed E-state index contributed by atoms with van der Waals surface area (Å²) in [7, 11) is 0. The van der Waals surface area contributed by atoms with Crippen molar-refractivity contribution in [2.45, 2.75) is 113 Å². The first-order valence-electron chi connectivity index (χ1n) is 22.9. The van der Waals surface area contributed by atoms with Gasteiger partial charge in [0.05, 0.1) is 26.1 Å². The van der Waals surface area contributed by atoms with E-state index in [1.54, 1.807) is 0 Å². The highest BCUT2D eigenvalue weighted by Gasteiger charge is 2.36. The molecule has 0 aliphatic rings. The van der Waals surface area contributed by atoms with E-state index in [2.05, 4.69) is 52.5 Å². The normalized spacial score (nSPS) is 14.1. The van der Waals surface area contributed by atoms with E-state index < -0.39 is 158 Å². The van der Waals surface area contributed by atoms with Crippen LogP contribution in [0.15, 0.2) is 48.8 Å². The van der Waals surface area contributed by atoms with E-state index >= 15 is 0 Å². The highest BCUT2D eigenvalue weighted by atomic mass is 16.4. The maximum Gasteiger partial charge on any atom is 0.326 e. The molecule has 2 aromatic rings. The summed E-state index contributed by atoms with van der Waals surface area (Å²) < 4.78 is 0. The van der Waals surface area contributed by atoms with Gasteiger partial charge in [0.25, 0.3) is 11.8 Å². The topological polar surface area (TPSA) is 500 Å². The zero-order chi connectivity index (χ0) is 55.3. The SMILES string of the molecule is NCCCC[C@H](NC(=O)[C@H](CC[C@H](NC(=O)[C@H](CC(=O)O)NC(=O)[C@H](CO)NC(=O)c1ccccn1)C(=O)N[C@@H](CCCCN)C(=O)O)NC(=O)[C@H](CC(=O)O)NC(=O)[C@H](CO)NC(=O)c1ccccn1)C(=O)O. The van der Waals surface area contributed by atoms with Crippen LogP contribution in [0.25, 0.3) is 0 Å². The molecule has 0 aromatic carbocycles. The van der Waals surface area contributed by atoms with E-state index in [9.17, 15) is 88.2 Å². The van der Waals surface area contributed by atoms with Gasteiger partial charge in [-0.2, -0.15) is 0 Å². The van der Waals surface area contributed by atoms with E-state index in [0.717, 1.165) is 0 Å². The van der Waals surface area contributed by atoms with Gasteiger partial charge in [-0.25, -0.2) is 9.59 Å². The van der Waals surface area contributed by atoms with Crippen LogP contribution in [0.2, 0.25) is 0 Å². The summed E-state index contributed by atoms with van der Waals surface area (Å²) >= 11 is 0. The van der Waals surface area contributed by atoms with Crippen LogP contribution in [0.4, 0.5) is 0 Å². The van der Waals surface area contributed by atoms with Crippen molar-refractivity contribution in [3.05, 3.63) is 60.2 Å². The number of carbonyl (C=O) groups excluding carboxylic acids is 8. The Labute approximate surface area is 421 Å². The van der Waals surface area contributed by atoms with Crippen LogP contribution in [-0.2, 0) is 47.9 Å². The quantitative estimate of drug-likeness (QED) is 0.0286. The average molecular weight is 1050 g/mol. The number of rotatable bonds is 35. The van der Waals surface area contributed by atoms with Crippen LogP contribution in [0.5, 0.6) is 0 Å². The monoisotopic (exact) mass is 1050 g/mol. The van der Waals surface area contributed by atoms with Crippen LogP contribution in [0.3, 0.4) is 0 Å². The largest absolute Gasteiger partial charge is 0.481 e. The summed E-state index contributed by atoms with van der Waals surface area (Å²) in [4.78, 5) is 164. The third-order valence-electron chi connectivity index (χ3n) is 10.6. The van der Waals surface area contributed by atoms with Crippen molar-refractivity contribution in [3.8, 4) is 0 Å². The third kappa shape index (κ3) is 22.0. The lowest BCUT2D eigenvalue weighted by atomic mass is 10.0. The Balaban J connectivity index is 2.60. The maximum atomic E-state index is 14.0. The lowest BCUT2D eigenvalue weighted by Crippen LogP contribution is -2.60. The fourth-order valence-electron chi connectivity index (χ4n) is 6.62. The molecule has 0 spiro atoms. The predicted octanol–water partition coefficient (Wildman–Crippen LogP) is -5.58. The number of pyridine rings is 2. The van der Waals surface area contributed by atoms with Crippen molar-refractivity contribution < 1.29 is 88.2 Å². The van der Waals surface area contributed by atoms with E-state index in [1.165, 1.54) is 48.8 Å². The summed E-state index contributed by atoms with van der Waals surface area (Å²) in [5.74, 6) is -16.4. The summed E-state index contributed by atoms with van der Waals surface area (Å²) in [6.45, 7) is -1.87. The molecule has 0 saturated carbocycles. The number of hydrogen-bond acceptors (Lipinski definition) is 18. The van der Waals surface area contributed by atoms with Crippen molar-refractivity contribution in [1.82, 2.24) is 52.5 Å². The van der Waals surface area contributed by atoms with Crippen molar-refractivity contribution in [2.75, 3.05) is 26.3 Å². The molecular weight excluding hydrogens is 985 g/mol. The van der Waals surface area contributed by atoms with Gasteiger partial charge < -0.3 is 84.6 Å². The molecule has 30 heteroatoms. The van der Waals surface area contributed by atoms with Gasteiger partial charge in [0.2, 0.25) is 35.4 Å². The summed E-state index contributed by atoms with van der Waals surface area (Å²) in [6.07, 6.45) is -0.939. The van der Waals surface area contributed by atoms with Crippen LogP contribution in [0.1, 0.15) is 85.2 Å². The first-order valence-corrected chi connectivity index (χ1v) is 22.9. The standard InChI is InChI=1S/C44H62N12O18/c45-15-5-1-11-27(43(71)72)51-37(65)25(49-39(67)29(19-33(59)60)53-41(69)31(21-57)55-35(63)23-9-3-7-17-47-23)13-14-26(38(66)52-28(44(73)74)12-2-6-16-46)50-40(68)30(20-34(61)62)54-42(70)32(22-58)56-36(64)24-10-4-8-18-48-24/h3-4,7-10,17-18,25-32,57-58H,1-2,5-6,11-16,19-22,45-46H2,(H,49,67)(H,50,68)(H,51,65)(H,52,66)(H,53,69)(H,54,70)(H,55,63)(H,56,64)(H,59,60)(H,61,62)(H,71,72)(H,73,74)/t25-,26-,27-,28-,29-,30-,31-,32-/m0/s1. The van der Waals surface area contributed by atoms with Gasteiger partial charge >= 0.3 is 23.9 Å². The number of nitrogens with one attached hydrogen (secondary N) is 8. The third-order valence-corrected chi connectivity index (χ3v) is 10.6.